The second-order valence-corrected chi connectivity index (χ2v) is 5.18. The van der Waals surface area contributed by atoms with Gasteiger partial charge in [0.1, 0.15) is 0 Å². The Hall–Kier alpha value is -1.47. The van der Waals surface area contributed by atoms with Crippen molar-refractivity contribution in [1.29, 1.82) is 0 Å². The van der Waals surface area contributed by atoms with Crippen LogP contribution >= 0.6 is 0 Å². The van der Waals surface area contributed by atoms with Crippen molar-refractivity contribution in [2.45, 2.75) is 17.9 Å². The fourth-order valence-corrected chi connectivity index (χ4v) is 1.88. The van der Waals surface area contributed by atoms with Gasteiger partial charge in [0.25, 0.3) is 10.0 Å². The summed E-state index contributed by atoms with van der Waals surface area (Å²) in [6.45, 7) is 0. The Kier molecular flexibility index (Phi) is 4.59. The number of sulfonamides is 1. The number of carbonyl (C=O) groups is 1. The fourth-order valence-electron chi connectivity index (χ4n) is 1.18. The Labute approximate surface area is 100 Å². The molecule has 6 nitrogen and oxygen atoms in total. The second-order valence-electron chi connectivity index (χ2n) is 3.34. The van der Waals surface area contributed by atoms with Gasteiger partial charge in [-0.05, 0) is 37.6 Å². The van der Waals surface area contributed by atoms with E-state index in [0.29, 0.717) is 12.0 Å². The molecule has 17 heavy (non-hydrogen) atoms. The van der Waals surface area contributed by atoms with Crippen molar-refractivity contribution in [1.82, 2.24) is 9.71 Å². The topological polar surface area (TPSA) is 102 Å². The maximum Gasteiger partial charge on any atom is 0.257 e. The number of nitrogens with zero attached hydrogens (tertiary/aromatic N) is 1. The van der Waals surface area contributed by atoms with E-state index in [2.05, 4.69) is 9.71 Å². The molecule has 0 atom stereocenters. The zero-order valence-electron chi connectivity index (χ0n) is 9.38. The van der Waals surface area contributed by atoms with Crippen molar-refractivity contribution in [3.05, 3.63) is 30.3 Å². The molecule has 0 unspecified atom stereocenters. The van der Waals surface area contributed by atoms with Crippen molar-refractivity contribution in [2.75, 3.05) is 7.05 Å². The van der Waals surface area contributed by atoms with E-state index in [4.69, 9.17) is 5.73 Å². The first kappa shape index (κ1) is 13.6. The standard InChI is InChI=1S/C10H14N3O3S/c1-12-17(15,16)10-7-8(5-6-13-10)3-2-4-9(11)14/h3,5-7,12H,2,4H2,1H3,(H2,11,14). The summed E-state index contributed by atoms with van der Waals surface area (Å²) in [5, 5.41) is -0.0483. The van der Waals surface area contributed by atoms with E-state index in [9.17, 15) is 13.2 Å². The highest BCUT2D eigenvalue weighted by atomic mass is 32.2. The van der Waals surface area contributed by atoms with E-state index in [0.717, 1.165) is 0 Å². The van der Waals surface area contributed by atoms with E-state index >= 15 is 0 Å². The molecular weight excluding hydrogens is 242 g/mol. The summed E-state index contributed by atoms with van der Waals surface area (Å²) in [6.07, 6.45) is 3.84. The molecular formula is C10H14N3O3S. The van der Waals surface area contributed by atoms with Crippen molar-refractivity contribution in [2.24, 2.45) is 5.73 Å². The third-order valence-electron chi connectivity index (χ3n) is 2.07. The molecule has 1 radical (unpaired) electrons. The van der Waals surface area contributed by atoms with Crippen LogP contribution in [0.1, 0.15) is 18.4 Å². The lowest BCUT2D eigenvalue weighted by molar-refractivity contribution is -0.117. The lowest BCUT2D eigenvalue weighted by Crippen LogP contribution is -2.19. The van der Waals surface area contributed by atoms with Crippen molar-refractivity contribution >= 4 is 15.9 Å². The number of rotatable bonds is 6. The molecule has 1 aromatic heterocycles. The van der Waals surface area contributed by atoms with E-state index in [-0.39, 0.29) is 11.4 Å². The summed E-state index contributed by atoms with van der Waals surface area (Å²) in [5.74, 6) is -0.390. The van der Waals surface area contributed by atoms with Crippen molar-refractivity contribution in [3.8, 4) is 0 Å². The Morgan fingerprint density at radius 3 is 2.88 bits per heavy atom. The van der Waals surface area contributed by atoms with Gasteiger partial charge in [-0.15, -0.1) is 0 Å². The molecule has 0 aliphatic carbocycles. The molecule has 0 fully saturated rings. The molecule has 1 aromatic rings. The van der Waals surface area contributed by atoms with Gasteiger partial charge in [0.15, 0.2) is 5.03 Å². The zero-order chi connectivity index (χ0) is 12.9. The van der Waals surface area contributed by atoms with Gasteiger partial charge in [-0.3, -0.25) is 4.79 Å². The molecule has 0 bridgehead atoms. The molecule has 1 amide bonds. The van der Waals surface area contributed by atoms with Gasteiger partial charge < -0.3 is 5.73 Å². The molecule has 0 aliphatic heterocycles. The predicted octanol–water partition coefficient (Wildman–Crippen LogP) is -0.192. The number of primary amides is 1. The average Bonchev–Trinajstić information content (AvgIpc) is 2.29. The summed E-state index contributed by atoms with van der Waals surface area (Å²) in [4.78, 5) is 14.3. The maximum atomic E-state index is 11.5. The van der Waals surface area contributed by atoms with Crippen LogP contribution < -0.4 is 10.5 Å². The molecule has 0 aliphatic rings. The molecule has 0 saturated carbocycles. The molecule has 93 valence electrons. The average molecular weight is 256 g/mol. The number of pyridine rings is 1. The minimum Gasteiger partial charge on any atom is -0.370 e. The minimum atomic E-state index is -3.53. The van der Waals surface area contributed by atoms with Gasteiger partial charge in [0.2, 0.25) is 5.91 Å². The van der Waals surface area contributed by atoms with Crippen LogP contribution in [-0.4, -0.2) is 26.4 Å². The fraction of sp³-hybridized carbons (Fsp3) is 0.300. The van der Waals surface area contributed by atoms with Crippen LogP contribution in [0.4, 0.5) is 0 Å². The SMILES string of the molecule is CNS(=O)(=O)c1cc([CH]CCC(N)=O)ccn1. The van der Waals surface area contributed by atoms with Crippen LogP contribution in [0.25, 0.3) is 0 Å². The zero-order valence-corrected chi connectivity index (χ0v) is 10.2. The Morgan fingerprint density at radius 1 is 1.59 bits per heavy atom. The first-order valence-corrected chi connectivity index (χ1v) is 6.45. The second kappa shape index (κ2) is 5.74. The highest BCUT2D eigenvalue weighted by Gasteiger charge is 2.13. The number of aromatic nitrogens is 1. The first-order chi connectivity index (χ1) is 7.95. The first-order valence-electron chi connectivity index (χ1n) is 4.97. The Bertz CT molecular complexity index is 499. The highest BCUT2D eigenvalue weighted by Crippen LogP contribution is 2.11. The summed E-state index contributed by atoms with van der Waals surface area (Å²) in [6, 6.07) is 3.10. The van der Waals surface area contributed by atoms with Crippen molar-refractivity contribution < 1.29 is 13.2 Å². The smallest absolute Gasteiger partial charge is 0.257 e. The largest absolute Gasteiger partial charge is 0.370 e. The van der Waals surface area contributed by atoms with Gasteiger partial charge in [-0.25, -0.2) is 18.1 Å². The van der Waals surface area contributed by atoms with Crippen LogP contribution in [-0.2, 0) is 14.8 Å². The van der Waals surface area contributed by atoms with Gasteiger partial charge >= 0.3 is 0 Å². The number of nitrogens with one attached hydrogen (secondary N) is 1. The molecule has 1 heterocycles. The van der Waals surface area contributed by atoms with Crippen LogP contribution in [0, 0.1) is 6.42 Å². The van der Waals surface area contributed by atoms with Crippen molar-refractivity contribution in [3.63, 3.8) is 0 Å². The van der Waals surface area contributed by atoms with Gasteiger partial charge in [-0.2, -0.15) is 0 Å². The van der Waals surface area contributed by atoms with Crippen LogP contribution in [0.5, 0.6) is 0 Å². The normalized spacial score (nSPS) is 11.4. The van der Waals surface area contributed by atoms with E-state index in [1.807, 2.05) is 0 Å². The van der Waals surface area contributed by atoms with Crippen LogP contribution in [0.2, 0.25) is 0 Å². The summed E-state index contributed by atoms with van der Waals surface area (Å²) in [5.41, 5.74) is 5.69. The number of carbonyl (C=O) groups excluding carboxylic acids is 1. The van der Waals surface area contributed by atoms with Gasteiger partial charge in [-0.1, -0.05) is 0 Å². The van der Waals surface area contributed by atoms with Gasteiger partial charge in [0, 0.05) is 12.6 Å². The molecule has 0 saturated heterocycles. The van der Waals surface area contributed by atoms with E-state index in [1.54, 1.807) is 12.5 Å². The maximum absolute atomic E-state index is 11.5. The Morgan fingerprint density at radius 2 is 2.29 bits per heavy atom. The third-order valence-corrected chi connectivity index (χ3v) is 3.39. The number of nitrogens with two attached hydrogens (primary N) is 1. The quantitative estimate of drug-likeness (QED) is 0.736. The third kappa shape index (κ3) is 4.12. The number of amides is 1. The van der Waals surface area contributed by atoms with E-state index < -0.39 is 15.9 Å². The summed E-state index contributed by atoms with van der Waals surface area (Å²) in [7, 11) is -2.21. The number of hydrogen-bond acceptors (Lipinski definition) is 4. The monoisotopic (exact) mass is 256 g/mol. The lowest BCUT2D eigenvalue weighted by atomic mass is 10.1. The summed E-state index contributed by atoms with van der Waals surface area (Å²) < 4.78 is 25.1. The molecule has 0 spiro atoms. The lowest BCUT2D eigenvalue weighted by Gasteiger charge is -2.04. The van der Waals surface area contributed by atoms with E-state index in [1.165, 1.54) is 19.3 Å². The van der Waals surface area contributed by atoms with Gasteiger partial charge in [0.05, 0.1) is 0 Å². The summed E-state index contributed by atoms with van der Waals surface area (Å²) >= 11 is 0. The highest BCUT2D eigenvalue weighted by molar-refractivity contribution is 7.89. The Balaban J connectivity index is 2.76. The predicted molar refractivity (Wildman–Crippen MR) is 62.3 cm³/mol. The van der Waals surface area contributed by atoms with Crippen LogP contribution in [0.15, 0.2) is 23.4 Å². The molecule has 0 aromatic carbocycles. The van der Waals surface area contributed by atoms with Crippen LogP contribution in [0.3, 0.4) is 0 Å². The minimum absolute atomic E-state index is 0.0483. The molecule has 3 N–H and O–H groups in total. The number of hydrogen-bond donors (Lipinski definition) is 2. The molecule has 1 rings (SSSR count). The molecule has 7 heteroatoms.